The number of halogens is 1. The fourth-order valence-corrected chi connectivity index (χ4v) is 4.10. The minimum atomic E-state index is -0.485. The molecule has 0 aliphatic carbocycles. The molecule has 2 aromatic carbocycles. The van der Waals surface area contributed by atoms with Gasteiger partial charge in [-0.25, -0.2) is 9.97 Å². The minimum absolute atomic E-state index is 0.0452. The second kappa shape index (κ2) is 9.08. The van der Waals surface area contributed by atoms with Crippen molar-refractivity contribution in [3.8, 4) is 5.75 Å². The highest BCUT2D eigenvalue weighted by atomic mass is 35.5. The molecule has 31 heavy (non-hydrogen) atoms. The van der Waals surface area contributed by atoms with E-state index in [0.29, 0.717) is 29.7 Å². The van der Waals surface area contributed by atoms with Crippen LogP contribution in [0.4, 0.5) is 5.95 Å². The maximum atomic E-state index is 12.8. The molecule has 0 saturated carbocycles. The van der Waals surface area contributed by atoms with Crippen molar-refractivity contribution in [1.82, 2.24) is 20.6 Å². The molecule has 1 aliphatic heterocycles. The van der Waals surface area contributed by atoms with Crippen LogP contribution in [0.5, 0.6) is 5.75 Å². The lowest BCUT2D eigenvalue weighted by atomic mass is 9.90. The van der Waals surface area contributed by atoms with Crippen LogP contribution in [0.3, 0.4) is 0 Å². The molecule has 3 aromatic rings. The summed E-state index contributed by atoms with van der Waals surface area (Å²) in [6.07, 6.45) is 0.0801. The third-order valence-electron chi connectivity index (χ3n) is 5.51. The van der Waals surface area contributed by atoms with Crippen LogP contribution in [0.2, 0.25) is 5.02 Å². The highest BCUT2D eigenvalue weighted by Crippen LogP contribution is 2.27. The average Bonchev–Trinajstić information content (AvgIpc) is 2.73. The number of rotatable bonds is 6. The first kappa shape index (κ1) is 21.3. The van der Waals surface area contributed by atoms with Crippen molar-refractivity contribution in [3.63, 3.8) is 0 Å². The van der Waals surface area contributed by atoms with Gasteiger partial charge in [-0.05, 0) is 44.9 Å². The molecule has 0 radical (unpaired) electrons. The van der Waals surface area contributed by atoms with Gasteiger partial charge in [0, 0.05) is 16.5 Å². The molecule has 2 heterocycles. The van der Waals surface area contributed by atoms with E-state index in [9.17, 15) is 4.79 Å². The molecule has 0 spiro atoms. The lowest BCUT2D eigenvalue weighted by Crippen LogP contribution is -2.63. The Morgan fingerprint density at radius 3 is 2.71 bits per heavy atom. The second-order valence-electron chi connectivity index (χ2n) is 7.66. The summed E-state index contributed by atoms with van der Waals surface area (Å²) in [4.78, 5) is 22.0. The Morgan fingerprint density at radius 1 is 1.16 bits per heavy atom. The summed E-state index contributed by atoms with van der Waals surface area (Å²) >= 11 is 6.28. The van der Waals surface area contributed by atoms with Gasteiger partial charge in [0.15, 0.2) is 6.29 Å². The molecular formula is C23H26ClN5O2. The zero-order valence-corrected chi connectivity index (χ0v) is 18.5. The van der Waals surface area contributed by atoms with E-state index in [4.69, 9.17) is 16.3 Å². The van der Waals surface area contributed by atoms with E-state index in [0.717, 1.165) is 22.2 Å². The average molecular weight is 440 g/mol. The lowest BCUT2D eigenvalue weighted by Gasteiger charge is -2.36. The van der Waals surface area contributed by atoms with E-state index in [1.165, 1.54) is 0 Å². The Balaban J connectivity index is 1.51. The monoisotopic (exact) mass is 439 g/mol. The SMILES string of the molecule is CCOc1cccc2c(C)nc(NC3NC(=O)C(Cc4ccccc4Cl)C(C)N3)nc12. The van der Waals surface area contributed by atoms with E-state index in [1.807, 2.05) is 63.2 Å². The molecule has 3 N–H and O–H groups in total. The number of aryl methyl sites for hydroxylation is 1. The van der Waals surface area contributed by atoms with E-state index in [1.54, 1.807) is 0 Å². The zero-order chi connectivity index (χ0) is 22.0. The van der Waals surface area contributed by atoms with Crippen LogP contribution in [0, 0.1) is 12.8 Å². The van der Waals surface area contributed by atoms with Gasteiger partial charge < -0.3 is 15.4 Å². The van der Waals surface area contributed by atoms with Gasteiger partial charge >= 0.3 is 0 Å². The summed E-state index contributed by atoms with van der Waals surface area (Å²) in [7, 11) is 0. The van der Waals surface area contributed by atoms with Gasteiger partial charge in [-0.3, -0.25) is 10.1 Å². The molecular weight excluding hydrogens is 414 g/mol. The Morgan fingerprint density at radius 2 is 1.97 bits per heavy atom. The normalized spacial score (nSPS) is 21.0. The first-order valence-corrected chi connectivity index (χ1v) is 10.8. The van der Waals surface area contributed by atoms with Gasteiger partial charge in [-0.1, -0.05) is 41.9 Å². The summed E-state index contributed by atoms with van der Waals surface area (Å²) in [5.41, 5.74) is 2.54. The number of nitrogens with one attached hydrogen (secondary N) is 3. The van der Waals surface area contributed by atoms with Crippen molar-refractivity contribution in [2.75, 3.05) is 11.9 Å². The number of hydrogen-bond acceptors (Lipinski definition) is 6. The van der Waals surface area contributed by atoms with Gasteiger partial charge in [-0.15, -0.1) is 0 Å². The number of aromatic nitrogens is 2. The van der Waals surface area contributed by atoms with Crippen LogP contribution in [0.15, 0.2) is 42.5 Å². The lowest BCUT2D eigenvalue weighted by molar-refractivity contribution is -0.128. The maximum Gasteiger partial charge on any atom is 0.227 e. The number of nitrogens with zero attached hydrogens (tertiary/aromatic N) is 2. The Bertz CT molecular complexity index is 1110. The molecule has 0 bridgehead atoms. The number of amides is 1. The maximum absolute atomic E-state index is 12.8. The predicted octanol–water partition coefficient (Wildman–Crippen LogP) is 3.65. The van der Waals surface area contributed by atoms with Crippen LogP contribution in [0.25, 0.3) is 10.9 Å². The number of hydrogen-bond donors (Lipinski definition) is 3. The van der Waals surface area contributed by atoms with Crippen LogP contribution in [-0.4, -0.2) is 34.8 Å². The van der Waals surface area contributed by atoms with Crippen LogP contribution >= 0.6 is 11.6 Å². The number of ether oxygens (including phenoxy) is 1. The summed E-state index contributed by atoms with van der Waals surface area (Å²) in [5.74, 6) is 0.854. The van der Waals surface area contributed by atoms with Crippen molar-refractivity contribution in [1.29, 1.82) is 0 Å². The number of benzene rings is 2. The third-order valence-corrected chi connectivity index (χ3v) is 5.88. The summed E-state index contributed by atoms with van der Waals surface area (Å²) in [6, 6.07) is 13.3. The fraction of sp³-hybridized carbons (Fsp3) is 0.348. The third kappa shape index (κ3) is 4.57. The van der Waals surface area contributed by atoms with Crippen molar-refractivity contribution >= 4 is 34.4 Å². The molecule has 4 rings (SSSR count). The summed E-state index contributed by atoms with van der Waals surface area (Å²) in [6.45, 7) is 6.41. The number of carbonyl (C=O) groups excluding carboxylic acids is 1. The molecule has 162 valence electrons. The molecule has 1 fully saturated rings. The van der Waals surface area contributed by atoms with Crippen molar-refractivity contribution in [2.24, 2.45) is 5.92 Å². The van der Waals surface area contributed by atoms with Crippen molar-refractivity contribution < 1.29 is 9.53 Å². The van der Waals surface area contributed by atoms with Crippen LogP contribution in [0.1, 0.15) is 25.1 Å². The Labute approximate surface area is 186 Å². The molecule has 3 atom stereocenters. The zero-order valence-electron chi connectivity index (χ0n) is 17.8. The van der Waals surface area contributed by atoms with Crippen LogP contribution in [-0.2, 0) is 11.2 Å². The topological polar surface area (TPSA) is 88.2 Å². The van der Waals surface area contributed by atoms with E-state index in [-0.39, 0.29) is 17.9 Å². The van der Waals surface area contributed by atoms with Gasteiger partial charge in [-0.2, -0.15) is 0 Å². The van der Waals surface area contributed by atoms with Crippen LogP contribution < -0.4 is 20.7 Å². The smallest absolute Gasteiger partial charge is 0.227 e. The van der Waals surface area contributed by atoms with Crippen molar-refractivity contribution in [3.05, 3.63) is 58.7 Å². The van der Waals surface area contributed by atoms with Gasteiger partial charge in [0.25, 0.3) is 0 Å². The molecule has 8 heteroatoms. The molecule has 7 nitrogen and oxygen atoms in total. The number of para-hydroxylation sites is 1. The molecule has 1 saturated heterocycles. The van der Waals surface area contributed by atoms with E-state index < -0.39 is 6.29 Å². The quantitative estimate of drug-likeness (QED) is 0.543. The number of carbonyl (C=O) groups is 1. The Kier molecular flexibility index (Phi) is 6.25. The fourth-order valence-electron chi connectivity index (χ4n) is 3.89. The largest absolute Gasteiger partial charge is 0.492 e. The molecule has 1 aromatic heterocycles. The standard InChI is InChI=1S/C23H26ClN5O2/c1-4-31-19-11-7-9-16-13(2)25-22(27-20(16)19)29-23-26-14(3)17(21(30)28-23)12-15-8-5-6-10-18(15)24/h5-11,14,17,23,26H,4,12H2,1-3H3,(H,28,30)(H,25,27,29). The van der Waals surface area contributed by atoms with E-state index >= 15 is 0 Å². The molecule has 1 amide bonds. The predicted molar refractivity (Wildman–Crippen MR) is 122 cm³/mol. The minimum Gasteiger partial charge on any atom is -0.492 e. The number of fused-ring (bicyclic) bond motifs is 1. The molecule has 1 aliphatic rings. The highest BCUT2D eigenvalue weighted by molar-refractivity contribution is 6.31. The van der Waals surface area contributed by atoms with Gasteiger partial charge in [0.2, 0.25) is 11.9 Å². The highest BCUT2D eigenvalue weighted by Gasteiger charge is 2.34. The van der Waals surface area contributed by atoms with Gasteiger partial charge in [0.1, 0.15) is 11.3 Å². The summed E-state index contributed by atoms with van der Waals surface area (Å²) < 4.78 is 5.72. The first-order valence-electron chi connectivity index (χ1n) is 10.4. The first-order chi connectivity index (χ1) is 15.0. The molecule has 3 unspecified atom stereocenters. The van der Waals surface area contributed by atoms with Crippen molar-refractivity contribution in [2.45, 2.75) is 39.5 Å². The number of anilines is 1. The Hall–Kier alpha value is -2.90. The van der Waals surface area contributed by atoms with E-state index in [2.05, 4.69) is 25.9 Å². The second-order valence-corrected chi connectivity index (χ2v) is 8.07. The van der Waals surface area contributed by atoms with Gasteiger partial charge in [0.05, 0.1) is 18.2 Å². The summed E-state index contributed by atoms with van der Waals surface area (Å²) in [5, 5.41) is 11.2.